The van der Waals surface area contributed by atoms with Gasteiger partial charge in [-0.05, 0) is 31.9 Å². The third-order valence-electron chi connectivity index (χ3n) is 3.21. The summed E-state index contributed by atoms with van der Waals surface area (Å²) < 4.78 is 0. The predicted octanol–water partition coefficient (Wildman–Crippen LogP) is 3.50. The minimum absolute atomic E-state index is 0.613. The number of hydrogen-bond donors (Lipinski definition) is 1. The third-order valence-corrected chi connectivity index (χ3v) is 4.20. The molecule has 1 fully saturated rings. The Morgan fingerprint density at radius 2 is 2.12 bits per heavy atom. The Morgan fingerprint density at radius 1 is 1.31 bits per heavy atom. The highest BCUT2D eigenvalue weighted by Gasteiger charge is 2.21. The highest BCUT2D eigenvalue weighted by Crippen LogP contribution is 2.33. The summed E-state index contributed by atoms with van der Waals surface area (Å²) in [6.45, 7) is 2.11. The Balaban J connectivity index is 1.87. The molecule has 3 nitrogen and oxygen atoms in total. The van der Waals surface area contributed by atoms with Crippen molar-refractivity contribution in [2.45, 2.75) is 38.5 Å². The molecule has 1 aliphatic rings. The van der Waals surface area contributed by atoms with Gasteiger partial charge in [-0.2, -0.15) is 5.10 Å². The summed E-state index contributed by atoms with van der Waals surface area (Å²) in [4.78, 5) is 7.09. The Bertz CT molecular complexity index is 480. The highest BCUT2D eigenvalue weighted by atomic mass is 32.1. The minimum Gasteiger partial charge on any atom is -0.262 e. The van der Waals surface area contributed by atoms with Gasteiger partial charge in [0.2, 0.25) is 0 Å². The second kappa shape index (κ2) is 4.01. The Labute approximate surface area is 98.9 Å². The van der Waals surface area contributed by atoms with Crippen LogP contribution in [0.1, 0.15) is 42.3 Å². The van der Waals surface area contributed by atoms with Crippen LogP contribution in [0.25, 0.3) is 10.7 Å². The minimum atomic E-state index is 0.613. The second-order valence-electron chi connectivity index (χ2n) is 4.44. The smallest absolute Gasteiger partial charge is 0.191 e. The fourth-order valence-corrected chi connectivity index (χ4v) is 3.12. The number of aromatic nitrogens is 3. The molecule has 0 saturated heterocycles. The lowest BCUT2D eigenvalue weighted by molar-refractivity contribution is 0.672. The van der Waals surface area contributed by atoms with Crippen molar-refractivity contribution >= 4 is 11.3 Å². The molecule has 4 heteroatoms. The summed E-state index contributed by atoms with van der Waals surface area (Å²) in [6.07, 6.45) is 5.19. The molecule has 0 unspecified atom stereocenters. The molecular formula is C12H15N3S. The van der Waals surface area contributed by atoms with Gasteiger partial charge < -0.3 is 0 Å². The standard InChI is InChI=1S/C12H15N3S/c1-8-6-7-10(16-8)12-13-11(14-15-12)9-4-2-3-5-9/h6-7,9H,2-5H2,1H3,(H,13,14,15). The predicted molar refractivity (Wildman–Crippen MR) is 65.6 cm³/mol. The summed E-state index contributed by atoms with van der Waals surface area (Å²) in [7, 11) is 0. The van der Waals surface area contributed by atoms with E-state index < -0.39 is 0 Å². The van der Waals surface area contributed by atoms with Crippen LogP contribution in [0.15, 0.2) is 12.1 Å². The molecule has 0 aromatic carbocycles. The second-order valence-corrected chi connectivity index (χ2v) is 5.72. The lowest BCUT2D eigenvalue weighted by Gasteiger charge is -2.01. The van der Waals surface area contributed by atoms with Gasteiger partial charge in [0.05, 0.1) is 4.88 Å². The first-order chi connectivity index (χ1) is 7.83. The van der Waals surface area contributed by atoms with Gasteiger partial charge in [-0.1, -0.05) is 12.8 Å². The molecule has 0 spiro atoms. The van der Waals surface area contributed by atoms with Crippen molar-refractivity contribution in [2.75, 3.05) is 0 Å². The molecule has 2 heterocycles. The first kappa shape index (κ1) is 10.0. The van der Waals surface area contributed by atoms with E-state index in [9.17, 15) is 0 Å². The van der Waals surface area contributed by atoms with Crippen LogP contribution in [0.4, 0.5) is 0 Å². The van der Waals surface area contributed by atoms with Gasteiger partial charge in [-0.15, -0.1) is 11.3 Å². The monoisotopic (exact) mass is 233 g/mol. The van der Waals surface area contributed by atoms with E-state index in [-0.39, 0.29) is 0 Å². The van der Waals surface area contributed by atoms with Crippen molar-refractivity contribution in [3.8, 4) is 10.7 Å². The van der Waals surface area contributed by atoms with Crippen molar-refractivity contribution in [1.29, 1.82) is 0 Å². The first-order valence-corrected chi connectivity index (χ1v) is 6.64. The molecule has 0 bridgehead atoms. The van der Waals surface area contributed by atoms with E-state index >= 15 is 0 Å². The SMILES string of the molecule is Cc1ccc(-c2n[nH]c(C3CCCC3)n2)s1. The van der Waals surface area contributed by atoms with Crippen LogP contribution >= 0.6 is 11.3 Å². The Morgan fingerprint density at radius 3 is 2.81 bits per heavy atom. The van der Waals surface area contributed by atoms with Crippen molar-refractivity contribution in [2.24, 2.45) is 0 Å². The lowest BCUT2D eigenvalue weighted by Crippen LogP contribution is -1.94. The molecule has 0 amide bonds. The van der Waals surface area contributed by atoms with Crippen molar-refractivity contribution in [3.05, 3.63) is 22.8 Å². The molecule has 1 aliphatic carbocycles. The first-order valence-electron chi connectivity index (χ1n) is 5.82. The molecule has 2 aromatic rings. The maximum atomic E-state index is 4.62. The van der Waals surface area contributed by atoms with Gasteiger partial charge in [0.1, 0.15) is 5.82 Å². The van der Waals surface area contributed by atoms with E-state index in [4.69, 9.17) is 0 Å². The Hall–Kier alpha value is -1.16. The number of nitrogens with zero attached hydrogens (tertiary/aromatic N) is 2. The number of nitrogens with one attached hydrogen (secondary N) is 1. The summed E-state index contributed by atoms with van der Waals surface area (Å²) in [5.41, 5.74) is 0. The fraction of sp³-hybridized carbons (Fsp3) is 0.500. The average Bonchev–Trinajstić information content (AvgIpc) is 2.97. The quantitative estimate of drug-likeness (QED) is 0.862. The largest absolute Gasteiger partial charge is 0.262 e. The van der Waals surface area contributed by atoms with Gasteiger partial charge in [-0.3, -0.25) is 5.10 Å². The number of aromatic amines is 1. The van der Waals surface area contributed by atoms with E-state index in [0.717, 1.165) is 16.5 Å². The zero-order chi connectivity index (χ0) is 11.0. The van der Waals surface area contributed by atoms with Crippen LogP contribution < -0.4 is 0 Å². The van der Waals surface area contributed by atoms with E-state index in [1.807, 2.05) is 0 Å². The zero-order valence-corrected chi connectivity index (χ0v) is 10.2. The summed E-state index contributed by atoms with van der Waals surface area (Å²) in [5, 5.41) is 7.42. The maximum Gasteiger partial charge on any atom is 0.191 e. The van der Waals surface area contributed by atoms with Crippen LogP contribution in [0.5, 0.6) is 0 Å². The average molecular weight is 233 g/mol. The van der Waals surface area contributed by atoms with E-state index in [1.54, 1.807) is 11.3 Å². The van der Waals surface area contributed by atoms with E-state index in [1.165, 1.54) is 30.6 Å². The number of hydrogen-bond acceptors (Lipinski definition) is 3. The van der Waals surface area contributed by atoms with Crippen LogP contribution in [0.2, 0.25) is 0 Å². The van der Waals surface area contributed by atoms with Crippen LogP contribution in [-0.2, 0) is 0 Å². The molecule has 2 aromatic heterocycles. The zero-order valence-electron chi connectivity index (χ0n) is 9.36. The summed E-state index contributed by atoms with van der Waals surface area (Å²) in [6, 6.07) is 4.22. The van der Waals surface area contributed by atoms with Crippen molar-refractivity contribution < 1.29 is 0 Å². The summed E-state index contributed by atoms with van der Waals surface area (Å²) >= 11 is 1.75. The van der Waals surface area contributed by atoms with Crippen LogP contribution in [0, 0.1) is 6.92 Å². The maximum absolute atomic E-state index is 4.62. The van der Waals surface area contributed by atoms with Crippen LogP contribution in [0.3, 0.4) is 0 Å². The van der Waals surface area contributed by atoms with Crippen molar-refractivity contribution in [3.63, 3.8) is 0 Å². The van der Waals surface area contributed by atoms with Crippen molar-refractivity contribution in [1.82, 2.24) is 15.2 Å². The molecule has 84 valence electrons. The summed E-state index contributed by atoms with van der Waals surface area (Å²) in [5.74, 6) is 2.56. The van der Waals surface area contributed by atoms with Gasteiger partial charge in [0.15, 0.2) is 5.82 Å². The lowest BCUT2D eigenvalue weighted by atomic mass is 10.1. The number of aryl methyl sites for hydroxylation is 1. The van der Waals surface area contributed by atoms with Gasteiger partial charge in [0, 0.05) is 10.8 Å². The van der Waals surface area contributed by atoms with Gasteiger partial charge >= 0.3 is 0 Å². The third kappa shape index (κ3) is 1.78. The molecule has 3 rings (SSSR count). The fourth-order valence-electron chi connectivity index (χ4n) is 2.32. The van der Waals surface area contributed by atoms with E-state index in [0.29, 0.717) is 5.92 Å². The van der Waals surface area contributed by atoms with Gasteiger partial charge in [0.25, 0.3) is 0 Å². The molecule has 0 aliphatic heterocycles. The number of H-pyrrole nitrogens is 1. The topological polar surface area (TPSA) is 41.6 Å². The van der Waals surface area contributed by atoms with Gasteiger partial charge in [-0.25, -0.2) is 4.98 Å². The molecular weight excluding hydrogens is 218 g/mol. The molecule has 1 saturated carbocycles. The highest BCUT2D eigenvalue weighted by molar-refractivity contribution is 7.15. The molecule has 0 radical (unpaired) electrons. The number of rotatable bonds is 2. The Kier molecular flexibility index (Phi) is 2.52. The molecule has 1 N–H and O–H groups in total. The number of thiophene rings is 1. The molecule has 0 atom stereocenters. The molecule has 16 heavy (non-hydrogen) atoms. The van der Waals surface area contributed by atoms with E-state index in [2.05, 4.69) is 34.2 Å². The van der Waals surface area contributed by atoms with Crippen LogP contribution in [-0.4, -0.2) is 15.2 Å². The normalized spacial score (nSPS) is 17.1.